The van der Waals surface area contributed by atoms with Crippen molar-refractivity contribution in [3.05, 3.63) is 119 Å². The highest BCUT2D eigenvalue weighted by molar-refractivity contribution is 6.31. The number of hydrogen-bond acceptors (Lipinski definition) is 2. The van der Waals surface area contributed by atoms with Crippen molar-refractivity contribution < 1.29 is 35.8 Å². The summed E-state index contributed by atoms with van der Waals surface area (Å²) < 4.78 is 95.5. The standard InChI is InChI=1S/C38H30ClF6O2/c1-4-5-8-23-13-15-24(16-14-23)34-30(25-9-7-12-29(20-25)46-2)22-31(26-17-18-33(39)32(21-26)38(43,44)45)35(36(34)47-3)27-10-6-11-28(19-27)37(40,41)42/h6-7,9-21H,4-5,8H2,1-3H3. The third-order valence-electron chi connectivity index (χ3n) is 7.87. The van der Waals surface area contributed by atoms with E-state index in [-0.39, 0.29) is 28.0 Å². The SMILES string of the molecule is CCCCc1ccc(-c2c(-c3cccc(OC)c3)[c]c(-c3ccc(Cl)c(C(F)(F)F)c3)c(-c3cccc(C(F)(F)F)c3)c2OC)cc1. The molecular formula is C38H30ClF6O2. The third kappa shape index (κ3) is 7.28. The molecule has 5 rings (SSSR count). The summed E-state index contributed by atoms with van der Waals surface area (Å²) in [4.78, 5) is 0. The summed E-state index contributed by atoms with van der Waals surface area (Å²) in [6.45, 7) is 2.10. The van der Waals surface area contributed by atoms with E-state index in [4.69, 9.17) is 21.1 Å². The van der Waals surface area contributed by atoms with Crippen LogP contribution in [0.2, 0.25) is 5.02 Å². The number of halogens is 7. The highest BCUT2D eigenvalue weighted by Gasteiger charge is 2.35. The lowest BCUT2D eigenvalue weighted by Crippen LogP contribution is -2.07. The van der Waals surface area contributed by atoms with Crippen molar-refractivity contribution in [1.82, 2.24) is 0 Å². The molecule has 0 aliphatic heterocycles. The molecule has 0 bridgehead atoms. The Labute approximate surface area is 274 Å². The minimum Gasteiger partial charge on any atom is -0.497 e. The number of benzene rings is 5. The number of aryl methyl sites for hydroxylation is 1. The lowest BCUT2D eigenvalue weighted by atomic mass is 9.83. The molecule has 0 unspecified atom stereocenters. The van der Waals surface area contributed by atoms with Gasteiger partial charge in [0.05, 0.1) is 30.4 Å². The van der Waals surface area contributed by atoms with E-state index in [0.717, 1.165) is 49.1 Å². The number of alkyl halides is 6. The fourth-order valence-corrected chi connectivity index (χ4v) is 5.76. The Morgan fingerprint density at radius 2 is 1.28 bits per heavy atom. The molecule has 2 nitrogen and oxygen atoms in total. The minimum atomic E-state index is -4.79. The fraction of sp³-hybridized carbons (Fsp3) is 0.211. The summed E-state index contributed by atoms with van der Waals surface area (Å²) in [5.74, 6) is 0.686. The average molecular weight is 668 g/mol. The molecule has 0 spiro atoms. The molecule has 0 aliphatic carbocycles. The first-order chi connectivity index (χ1) is 22.3. The molecule has 5 aromatic rings. The predicted molar refractivity (Wildman–Crippen MR) is 174 cm³/mol. The van der Waals surface area contributed by atoms with Crippen LogP contribution in [-0.4, -0.2) is 14.2 Å². The summed E-state index contributed by atoms with van der Waals surface area (Å²) in [5.41, 5.74) is 1.72. The van der Waals surface area contributed by atoms with Crippen LogP contribution < -0.4 is 9.47 Å². The first-order valence-electron chi connectivity index (χ1n) is 14.8. The second kappa shape index (κ2) is 13.7. The summed E-state index contributed by atoms with van der Waals surface area (Å²) in [7, 11) is 2.89. The maximum absolute atomic E-state index is 14.1. The van der Waals surface area contributed by atoms with Gasteiger partial charge in [0, 0.05) is 28.3 Å². The van der Waals surface area contributed by atoms with Gasteiger partial charge in [-0.3, -0.25) is 0 Å². The normalized spacial score (nSPS) is 11.9. The maximum atomic E-state index is 14.1. The van der Waals surface area contributed by atoms with Crippen LogP contribution in [0.4, 0.5) is 26.3 Å². The molecule has 0 atom stereocenters. The van der Waals surface area contributed by atoms with E-state index in [2.05, 4.69) is 13.0 Å². The van der Waals surface area contributed by atoms with Gasteiger partial charge in [0.2, 0.25) is 0 Å². The van der Waals surface area contributed by atoms with E-state index in [9.17, 15) is 26.3 Å². The molecular weight excluding hydrogens is 638 g/mol. The molecule has 0 amide bonds. The summed E-state index contributed by atoms with van der Waals surface area (Å²) in [6.07, 6.45) is -6.57. The van der Waals surface area contributed by atoms with E-state index < -0.39 is 28.5 Å². The molecule has 0 N–H and O–H groups in total. The second-order valence-corrected chi connectivity index (χ2v) is 11.4. The largest absolute Gasteiger partial charge is 0.497 e. The molecule has 5 aromatic carbocycles. The molecule has 0 aliphatic rings. The second-order valence-electron chi connectivity index (χ2n) is 11.0. The van der Waals surface area contributed by atoms with Gasteiger partial charge in [0.15, 0.2) is 0 Å². The quantitative estimate of drug-likeness (QED) is 0.146. The number of hydrogen-bond donors (Lipinski definition) is 0. The van der Waals surface area contributed by atoms with E-state index in [1.165, 1.54) is 32.4 Å². The van der Waals surface area contributed by atoms with E-state index >= 15 is 0 Å². The zero-order valence-electron chi connectivity index (χ0n) is 25.7. The molecule has 0 aromatic heterocycles. The van der Waals surface area contributed by atoms with Crippen LogP contribution in [0.3, 0.4) is 0 Å². The van der Waals surface area contributed by atoms with E-state index in [0.29, 0.717) is 28.0 Å². The van der Waals surface area contributed by atoms with Crippen LogP contribution in [0.1, 0.15) is 36.5 Å². The summed E-state index contributed by atoms with van der Waals surface area (Å²) in [5, 5.41) is -0.512. The lowest BCUT2D eigenvalue weighted by Gasteiger charge is -2.23. The van der Waals surface area contributed by atoms with Crippen LogP contribution in [0.5, 0.6) is 11.5 Å². The monoisotopic (exact) mass is 667 g/mol. The van der Waals surface area contributed by atoms with Crippen LogP contribution in [0.25, 0.3) is 44.5 Å². The zero-order valence-corrected chi connectivity index (χ0v) is 26.5. The first-order valence-corrected chi connectivity index (χ1v) is 15.2. The molecule has 9 heteroatoms. The van der Waals surface area contributed by atoms with Crippen molar-refractivity contribution in [2.45, 2.75) is 38.5 Å². The van der Waals surface area contributed by atoms with Crippen LogP contribution >= 0.6 is 11.6 Å². The smallest absolute Gasteiger partial charge is 0.417 e. The Kier molecular flexibility index (Phi) is 9.92. The Morgan fingerprint density at radius 1 is 0.660 bits per heavy atom. The van der Waals surface area contributed by atoms with Gasteiger partial charge in [-0.2, -0.15) is 26.3 Å². The maximum Gasteiger partial charge on any atom is 0.417 e. The topological polar surface area (TPSA) is 18.5 Å². The van der Waals surface area contributed by atoms with Gasteiger partial charge in [-0.15, -0.1) is 0 Å². The minimum absolute atomic E-state index is 0.0399. The van der Waals surface area contributed by atoms with Crippen LogP contribution in [-0.2, 0) is 18.8 Å². The Balaban J connectivity index is 1.93. The van der Waals surface area contributed by atoms with Crippen molar-refractivity contribution in [3.63, 3.8) is 0 Å². The Bertz CT molecular complexity index is 1880. The summed E-state index contributed by atoms with van der Waals surface area (Å²) in [6, 6.07) is 26.1. The van der Waals surface area contributed by atoms with Crippen molar-refractivity contribution >= 4 is 11.6 Å². The average Bonchev–Trinajstić information content (AvgIpc) is 3.06. The molecule has 0 saturated heterocycles. The van der Waals surface area contributed by atoms with Gasteiger partial charge >= 0.3 is 12.4 Å². The number of ether oxygens (including phenoxy) is 2. The van der Waals surface area contributed by atoms with Crippen LogP contribution in [0.15, 0.2) is 91.0 Å². The fourth-order valence-electron chi connectivity index (χ4n) is 5.54. The van der Waals surface area contributed by atoms with Gasteiger partial charge in [0.1, 0.15) is 11.5 Å². The third-order valence-corrected chi connectivity index (χ3v) is 8.20. The van der Waals surface area contributed by atoms with Gasteiger partial charge in [-0.05, 0) is 77.1 Å². The molecule has 0 fully saturated rings. The number of rotatable bonds is 9. The number of methoxy groups -OCH3 is 2. The first kappa shape index (κ1) is 33.9. The van der Waals surface area contributed by atoms with Crippen molar-refractivity contribution in [1.29, 1.82) is 0 Å². The van der Waals surface area contributed by atoms with Gasteiger partial charge in [0.25, 0.3) is 0 Å². The van der Waals surface area contributed by atoms with Crippen molar-refractivity contribution in [2.75, 3.05) is 14.2 Å². The number of unbranched alkanes of at least 4 members (excludes halogenated alkanes) is 1. The van der Waals surface area contributed by atoms with Gasteiger partial charge in [-0.1, -0.05) is 79.5 Å². The highest BCUT2D eigenvalue weighted by atomic mass is 35.5. The molecule has 47 heavy (non-hydrogen) atoms. The van der Waals surface area contributed by atoms with E-state index in [1.807, 2.05) is 24.3 Å². The molecule has 243 valence electrons. The van der Waals surface area contributed by atoms with Gasteiger partial charge < -0.3 is 9.47 Å². The Morgan fingerprint density at radius 3 is 1.89 bits per heavy atom. The zero-order chi connectivity index (χ0) is 33.9. The van der Waals surface area contributed by atoms with E-state index in [1.54, 1.807) is 24.3 Å². The molecule has 0 heterocycles. The highest BCUT2D eigenvalue weighted by Crippen LogP contribution is 2.51. The van der Waals surface area contributed by atoms with Crippen LogP contribution in [0, 0.1) is 6.07 Å². The summed E-state index contributed by atoms with van der Waals surface area (Å²) >= 11 is 5.97. The Hall–Kier alpha value is -4.43. The van der Waals surface area contributed by atoms with Crippen molar-refractivity contribution in [3.8, 4) is 56.0 Å². The molecule has 1 radical (unpaired) electrons. The predicted octanol–water partition coefficient (Wildman–Crippen LogP) is 12.2. The van der Waals surface area contributed by atoms with Crippen molar-refractivity contribution in [2.24, 2.45) is 0 Å². The molecule has 0 saturated carbocycles. The van der Waals surface area contributed by atoms with Gasteiger partial charge in [-0.25, -0.2) is 0 Å². The lowest BCUT2D eigenvalue weighted by molar-refractivity contribution is -0.138.